The van der Waals surface area contributed by atoms with E-state index in [9.17, 15) is 21.2 Å². The van der Waals surface area contributed by atoms with Crippen molar-refractivity contribution in [2.24, 2.45) is 5.14 Å². The van der Waals surface area contributed by atoms with E-state index in [2.05, 4.69) is 0 Å². The van der Waals surface area contributed by atoms with Gasteiger partial charge < -0.3 is 0 Å². The summed E-state index contributed by atoms with van der Waals surface area (Å²) in [7, 11) is -6.82. The van der Waals surface area contributed by atoms with E-state index in [1.165, 1.54) is 0 Å². The van der Waals surface area contributed by atoms with Crippen molar-refractivity contribution in [1.29, 1.82) is 0 Å². The number of halogens is 1. The predicted molar refractivity (Wildman–Crippen MR) is 59.4 cm³/mol. The zero-order valence-corrected chi connectivity index (χ0v) is 10.3. The van der Waals surface area contributed by atoms with Crippen molar-refractivity contribution in [3.05, 3.63) is 24.0 Å². The first-order valence-electron chi connectivity index (χ1n) is 4.19. The van der Waals surface area contributed by atoms with Crippen LogP contribution >= 0.6 is 0 Å². The number of nitrogens with one attached hydrogen (secondary N) is 2. The Morgan fingerprint density at radius 3 is 2.24 bits per heavy atom. The van der Waals surface area contributed by atoms with Gasteiger partial charge in [-0.3, -0.25) is 4.72 Å². The molecule has 0 radical (unpaired) electrons. The summed E-state index contributed by atoms with van der Waals surface area (Å²) in [5, 5.41) is 4.80. The predicted octanol–water partition coefficient (Wildman–Crippen LogP) is -0.651. The highest BCUT2D eigenvalue weighted by Crippen LogP contribution is 2.17. The van der Waals surface area contributed by atoms with Gasteiger partial charge in [0.25, 0.3) is 10.2 Å². The summed E-state index contributed by atoms with van der Waals surface area (Å²) in [6, 6.07) is 2.42. The van der Waals surface area contributed by atoms with Crippen LogP contribution in [0, 0.1) is 5.82 Å². The first-order valence-corrected chi connectivity index (χ1v) is 7.22. The molecule has 0 aliphatic heterocycles. The van der Waals surface area contributed by atoms with Crippen LogP contribution < -0.4 is 14.6 Å². The molecule has 96 valence electrons. The standard InChI is InChI=1S/C7H10FN3O4S2/c1-10-17(14,15)11-6-2-5(8)3-7(4-6)16(9,12)13/h2-4,10-11H,1H3,(H2,9,12,13). The zero-order chi connectivity index (χ0) is 13.3. The van der Waals surface area contributed by atoms with Gasteiger partial charge in [-0.25, -0.2) is 22.7 Å². The normalized spacial score (nSPS) is 12.4. The molecule has 0 saturated heterocycles. The lowest BCUT2D eigenvalue weighted by atomic mass is 10.3. The second-order valence-electron chi connectivity index (χ2n) is 3.03. The SMILES string of the molecule is CNS(=O)(=O)Nc1cc(F)cc(S(N)(=O)=O)c1. The number of hydrogen-bond donors (Lipinski definition) is 3. The molecule has 0 fully saturated rings. The van der Waals surface area contributed by atoms with Crippen molar-refractivity contribution in [1.82, 2.24) is 4.72 Å². The fourth-order valence-corrected chi connectivity index (χ4v) is 2.09. The van der Waals surface area contributed by atoms with Crippen molar-refractivity contribution in [2.45, 2.75) is 4.90 Å². The van der Waals surface area contributed by atoms with Crippen LogP contribution in [-0.2, 0) is 20.2 Å². The van der Waals surface area contributed by atoms with E-state index in [0.29, 0.717) is 6.07 Å². The zero-order valence-electron chi connectivity index (χ0n) is 8.64. The molecule has 1 rings (SSSR count). The van der Waals surface area contributed by atoms with E-state index in [4.69, 9.17) is 5.14 Å². The van der Waals surface area contributed by atoms with Gasteiger partial charge in [-0.05, 0) is 18.2 Å². The second kappa shape index (κ2) is 4.56. The van der Waals surface area contributed by atoms with Crippen LogP contribution in [0.25, 0.3) is 0 Å². The summed E-state index contributed by atoms with van der Waals surface area (Å²) in [6.07, 6.45) is 0. The van der Waals surface area contributed by atoms with Crippen LogP contribution in [0.2, 0.25) is 0 Å². The lowest BCUT2D eigenvalue weighted by Gasteiger charge is -2.08. The van der Waals surface area contributed by atoms with E-state index < -0.39 is 30.9 Å². The highest BCUT2D eigenvalue weighted by Gasteiger charge is 2.13. The molecule has 0 saturated carbocycles. The van der Waals surface area contributed by atoms with Gasteiger partial charge >= 0.3 is 0 Å². The Balaban J connectivity index is 3.25. The third-order valence-electron chi connectivity index (χ3n) is 1.72. The number of rotatable bonds is 4. The molecule has 10 heteroatoms. The summed E-state index contributed by atoms with van der Waals surface area (Å²) in [5.74, 6) is -0.926. The summed E-state index contributed by atoms with van der Waals surface area (Å²) < 4.78 is 61.1. The Hall–Kier alpha value is -1.23. The van der Waals surface area contributed by atoms with Gasteiger partial charge in [0.15, 0.2) is 0 Å². The molecule has 0 aliphatic carbocycles. The first kappa shape index (κ1) is 13.8. The molecule has 7 nitrogen and oxygen atoms in total. The molecule has 0 aliphatic rings. The number of benzene rings is 1. The first-order chi connectivity index (χ1) is 7.64. The average Bonchev–Trinajstić information content (AvgIpc) is 2.14. The van der Waals surface area contributed by atoms with E-state index in [1.807, 2.05) is 9.44 Å². The van der Waals surface area contributed by atoms with Crippen LogP contribution in [0.5, 0.6) is 0 Å². The summed E-state index contributed by atoms with van der Waals surface area (Å²) in [6.45, 7) is 0. The summed E-state index contributed by atoms with van der Waals surface area (Å²) in [4.78, 5) is -0.522. The van der Waals surface area contributed by atoms with Gasteiger partial charge in [-0.2, -0.15) is 8.42 Å². The van der Waals surface area contributed by atoms with E-state index in [1.54, 1.807) is 0 Å². The molecule has 0 heterocycles. The van der Waals surface area contributed by atoms with Crippen LogP contribution in [0.1, 0.15) is 0 Å². The quantitative estimate of drug-likeness (QED) is 0.680. The molecule has 0 atom stereocenters. The maximum absolute atomic E-state index is 13.1. The summed E-state index contributed by atoms with van der Waals surface area (Å²) >= 11 is 0. The maximum Gasteiger partial charge on any atom is 0.298 e. The highest BCUT2D eigenvalue weighted by atomic mass is 32.2. The molecule has 1 aromatic rings. The molecule has 0 bridgehead atoms. The molecule has 1 aromatic carbocycles. The minimum absolute atomic E-state index is 0.247. The monoisotopic (exact) mass is 283 g/mol. The van der Waals surface area contributed by atoms with Crippen molar-refractivity contribution in [3.8, 4) is 0 Å². The van der Waals surface area contributed by atoms with Gasteiger partial charge in [0.1, 0.15) is 5.82 Å². The smallest absolute Gasteiger partial charge is 0.271 e. The van der Waals surface area contributed by atoms with Gasteiger partial charge in [0, 0.05) is 7.05 Å². The van der Waals surface area contributed by atoms with Crippen LogP contribution in [0.15, 0.2) is 23.1 Å². The van der Waals surface area contributed by atoms with E-state index >= 15 is 0 Å². The number of nitrogens with two attached hydrogens (primary N) is 1. The molecule has 0 aromatic heterocycles. The van der Waals surface area contributed by atoms with Crippen molar-refractivity contribution in [3.63, 3.8) is 0 Å². The fourth-order valence-electron chi connectivity index (χ4n) is 0.992. The molecule has 0 spiro atoms. The van der Waals surface area contributed by atoms with Gasteiger partial charge in [-0.1, -0.05) is 0 Å². The van der Waals surface area contributed by atoms with Gasteiger partial charge in [0.05, 0.1) is 10.6 Å². The van der Waals surface area contributed by atoms with Gasteiger partial charge in [-0.15, -0.1) is 0 Å². The average molecular weight is 283 g/mol. The van der Waals surface area contributed by atoms with Crippen LogP contribution in [-0.4, -0.2) is 23.9 Å². The number of sulfonamides is 1. The maximum atomic E-state index is 13.1. The lowest BCUT2D eigenvalue weighted by molar-refractivity contribution is 0.589. The fraction of sp³-hybridized carbons (Fsp3) is 0.143. The highest BCUT2D eigenvalue weighted by molar-refractivity contribution is 7.90. The molecule has 0 unspecified atom stereocenters. The Kier molecular flexibility index (Phi) is 3.71. The lowest BCUT2D eigenvalue weighted by Crippen LogP contribution is -2.26. The van der Waals surface area contributed by atoms with Crippen LogP contribution in [0.3, 0.4) is 0 Å². The third-order valence-corrected chi connectivity index (χ3v) is 3.66. The molecule has 17 heavy (non-hydrogen) atoms. The van der Waals surface area contributed by atoms with Crippen molar-refractivity contribution in [2.75, 3.05) is 11.8 Å². The third kappa shape index (κ3) is 3.93. The topological polar surface area (TPSA) is 118 Å². The van der Waals surface area contributed by atoms with Crippen molar-refractivity contribution >= 4 is 25.9 Å². The van der Waals surface area contributed by atoms with Crippen LogP contribution in [0.4, 0.5) is 10.1 Å². The Morgan fingerprint density at radius 1 is 1.18 bits per heavy atom. The summed E-state index contributed by atoms with van der Waals surface area (Å²) in [5.41, 5.74) is -0.247. The molecular weight excluding hydrogens is 273 g/mol. The molecular formula is C7H10FN3O4S2. The van der Waals surface area contributed by atoms with E-state index in [0.717, 1.165) is 19.2 Å². The van der Waals surface area contributed by atoms with Crippen molar-refractivity contribution < 1.29 is 21.2 Å². The Labute approximate surface area is 98.1 Å². The Morgan fingerprint density at radius 2 is 1.76 bits per heavy atom. The number of primary sulfonamides is 1. The largest absolute Gasteiger partial charge is 0.298 e. The van der Waals surface area contributed by atoms with Gasteiger partial charge in [0.2, 0.25) is 10.0 Å². The van der Waals surface area contributed by atoms with E-state index in [-0.39, 0.29) is 5.69 Å². The minimum Gasteiger partial charge on any atom is -0.271 e. The minimum atomic E-state index is -4.11. The molecule has 4 N–H and O–H groups in total. The molecule has 0 amide bonds. The number of hydrogen-bond acceptors (Lipinski definition) is 4. The number of anilines is 1. The Bertz CT molecular complexity index is 627. The second-order valence-corrected chi connectivity index (χ2v) is 6.21.